The molecule has 0 spiro atoms. The minimum atomic E-state index is -4.41. The Labute approximate surface area is 225 Å². The molecule has 0 heterocycles. The monoisotopic (exact) mass is 572 g/mol. The van der Waals surface area contributed by atoms with Gasteiger partial charge in [-0.15, -0.1) is 17.0 Å². The molecule has 4 rings (SSSR count). The first kappa shape index (κ1) is 28.6. The van der Waals surface area contributed by atoms with Crippen LogP contribution < -0.4 is 10.6 Å². The predicted octanol–water partition coefficient (Wildman–Crippen LogP) is 7.73. The van der Waals surface area contributed by atoms with Crippen LogP contribution in [-0.4, -0.2) is 0 Å². The molecular formula is C30H29BrF4N2. The van der Waals surface area contributed by atoms with E-state index in [-0.39, 0.29) is 35.6 Å². The summed E-state index contributed by atoms with van der Waals surface area (Å²) in [5, 5.41) is 6.42. The Bertz CT molecular complexity index is 1240. The molecule has 2 N–H and O–H groups in total. The van der Waals surface area contributed by atoms with E-state index in [1.807, 2.05) is 60.7 Å². The van der Waals surface area contributed by atoms with Crippen molar-refractivity contribution in [3.8, 4) is 0 Å². The zero-order chi connectivity index (χ0) is 25.4. The number of halogens is 5. The van der Waals surface area contributed by atoms with Crippen molar-refractivity contribution >= 4 is 17.0 Å². The van der Waals surface area contributed by atoms with Crippen LogP contribution >= 0.6 is 17.0 Å². The van der Waals surface area contributed by atoms with E-state index >= 15 is 17.6 Å². The highest BCUT2D eigenvalue weighted by molar-refractivity contribution is 8.93. The Morgan fingerprint density at radius 1 is 0.486 bits per heavy atom. The van der Waals surface area contributed by atoms with Crippen LogP contribution in [0.3, 0.4) is 0 Å². The first-order chi connectivity index (χ1) is 17.4. The summed E-state index contributed by atoms with van der Waals surface area (Å²) in [5.74, 6) is -8.79. The second-order valence-corrected chi connectivity index (χ2v) is 8.64. The first-order valence-corrected chi connectivity index (χ1v) is 11.8. The summed E-state index contributed by atoms with van der Waals surface area (Å²) in [5.41, 5.74) is 1.35. The van der Waals surface area contributed by atoms with Gasteiger partial charge in [-0.25, -0.2) is 0 Å². The Morgan fingerprint density at radius 2 is 0.973 bits per heavy atom. The molecule has 2 nitrogen and oxygen atoms in total. The highest BCUT2D eigenvalue weighted by Gasteiger charge is 2.59. The fraction of sp³-hybridized carbons (Fsp3) is 0.200. The van der Waals surface area contributed by atoms with Crippen LogP contribution in [0.1, 0.15) is 33.4 Å². The molecule has 0 bridgehead atoms. The van der Waals surface area contributed by atoms with E-state index in [1.165, 1.54) is 24.3 Å². The van der Waals surface area contributed by atoms with Crippen molar-refractivity contribution in [2.24, 2.45) is 0 Å². The summed E-state index contributed by atoms with van der Waals surface area (Å²) in [7, 11) is 0. The zero-order valence-corrected chi connectivity index (χ0v) is 21.9. The molecule has 7 heteroatoms. The number of hydrogen-bond donors (Lipinski definition) is 2. The van der Waals surface area contributed by atoms with Crippen molar-refractivity contribution < 1.29 is 17.6 Å². The van der Waals surface area contributed by atoms with Crippen LogP contribution in [0.4, 0.5) is 17.6 Å². The molecule has 0 unspecified atom stereocenters. The lowest BCUT2D eigenvalue weighted by Crippen LogP contribution is -2.37. The van der Waals surface area contributed by atoms with Crippen LogP contribution in [0.2, 0.25) is 0 Å². The van der Waals surface area contributed by atoms with Crippen molar-refractivity contribution in [2.75, 3.05) is 0 Å². The molecule has 0 radical (unpaired) electrons. The summed E-state index contributed by atoms with van der Waals surface area (Å²) < 4.78 is 61.6. The van der Waals surface area contributed by atoms with Crippen LogP contribution in [-0.2, 0) is 38.0 Å². The summed E-state index contributed by atoms with van der Waals surface area (Å²) in [6.07, 6.45) is 0. The molecule has 0 fully saturated rings. The Balaban J connectivity index is 0.00000380. The molecule has 0 saturated carbocycles. The van der Waals surface area contributed by atoms with Crippen molar-refractivity contribution in [3.63, 3.8) is 0 Å². The number of alkyl halides is 4. The van der Waals surface area contributed by atoms with Crippen LogP contribution in [0.15, 0.2) is 109 Å². The molecular weight excluding hydrogens is 544 g/mol. The van der Waals surface area contributed by atoms with Gasteiger partial charge in [-0.1, -0.05) is 109 Å². The van der Waals surface area contributed by atoms with Gasteiger partial charge in [0.05, 0.1) is 0 Å². The predicted molar refractivity (Wildman–Crippen MR) is 145 cm³/mol. The lowest BCUT2D eigenvalue weighted by molar-refractivity contribution is -0.224. The van der Waals surface area contributed by atoms with Gasteiger partial charge in [-0.05, 0) is 22.3 Å². The maximum absolute atomic E-state index is 15.6. The standard InChI is InChI=1S/C30H28F4N2.BrH/c31-29(32,26-16-8-3-9-17-26)30(33,34)28-18-10-15-25(21-35-19-23-11-4-1-5-12-23)27(28)22-36-20-24-13-6-2-7-14-24;/h1-18,35-36H,19-22H2;1H. The highest BCUT2D eigenvalue weighted by atomic mass is 79.9. The summed E-state index contributed by atoms with van der Waals surface area (Å²) in [6, 6.07) is 29.7. The average molecular weight is 573 g/mol. The van der Waals surface area contributed by atoms with Crippen molar-refractivity contribution in [1.29, 1.82) is 0 Å². The normalized spacial score (nSPS) is 11.7. The summed E-state index contributed by atoms with van der Waals surface area (Å²) >= 11 is 0. The molecule has 0 aromatic heterocycles. The van der Waals surface area contributed by atoms with Gasteiger partial charge in [0.15, 0.2) is 0 Å². The topological polar surface area (TPSA) is 24.1 Å². The molecule has 0 aliphatic rings. The van der Waals surface area contributed by atoms with Crippen LogP contribution in [0.5, 0.6) is 0 Å². The minimum absolute atomic E-state index is 0. The second-order valence-electron chi connectivity index (χ2n) is 8.64. The molecule has 0 amide bonds. The van der Waals surface area contributed by atoms with Crippen molar-refractivity contribution in [2.45, 2.75) is 38.0 Å². The zero-order valence-electron chi connectivity index (χ0n) is 20.1. The smallest absolute Gasteiger partial charge is 0.309 e. The minimum Gasteiger partial charge on any atom is -0.309 e. The fourth-order valence-electron chi connectivity index (χ4n) is 4.17. The number of nitrogens with one attached hydrogen (secondary N) is 2. The van der Waals surface area contributed by atoms with E-state index in [0.29, 0.717) is 18.7 Å². The molecule has 4 aromatic carbocycles. The van der Waals surface area contributed by atoms with Gasteiger partial charge in [0, 0.05) is 37.3 Å². The highest BCUT2D eigenvalue weighted by Crippen LogP contribution is 2.50. The van der Waals surface area contributed by atoms with Crippen LogP contribution in [0.25, 0.3) is 0 Å². The number of rotatable bonds is 11. The largest absolute Gasteiger partial charge is 0.340 e. The lowest BCUT2D eigenvalue weighted by atomic mass is 9.90. The first-order valence-electron chi connectivity index (χ1n) is 11.8. The van der Waals surface area contributed by atoms with E-state index in [0.717, 1.165) is 29.3 Å². The molecule has 37 heavy (non-hydrogen) atoms. The molecule has 4 aromatic rings. The summed E-state index contributed by atoms with van der Waals surface area (Å²) in [4.78, 5) is 0. The third-order valence-corrected chi connectivity index (χ3v) is 6.10. The van der Waals surface area contributed by atoms with Gasteiger partial charge in [0.2, 0.25) is 0 Å². The van der Waals surface area contributed by atoms with Gasteiger partial charge in [-0.3, -0.25) is 0 Å². The maximum Gasteiger partial charge on any atom is 0.340 e. The quantitative estimate of drug-likeness (QED) is 0.180. The lowest BCUT2D eigenvalue weighted by Gasteiger charge is -2.30. The van der Waals surface area contributed by atoms with Crippen LogP contribution in [0, 0.1) is 0 Å². The summed E-state index contributed by atoms with van der Waals surface area (Å²) in [6.45, 7) is 1.23. The van der Waals surface area contributed by atoms with E-state index in [4.69, 9.17) is 0 Å². The molecule has 0 saturated heterocycles. The van der Waals surface area contributed by atoms with Crippen molar-refractivity contribution in [3.05, 3.63) is 143 Å². The van der Waals surface area contributed by atoms with E-state index < -0.39 is 23.0 Å². The van der Waals surface area contributed by atoms with E-state index in [2.05, 4.69) is 10.6 Å². The Hall–Kier alpha value is -3.00. The Kier molecular flexibility index (Phi) is 10.0. The molecule has 0 aliphatic carbocycles. The van der Waals surface area contributed by atoms with Gasteiger partial charge in [0.1, 0.15) is 0 Å². The fourth-order valence-corrected chi connectivity index (χ4v) is 4.17. The second kappa shape index (κ2) is 13.0. The SMILES string of the molecule is Br.FC(F)(c1ccccc1)C(F)(F)c1cccc(CNCc2ccccc2)c1CNCc1ccccc1. The maximum atomic E-state index is 15.6. The third-order valence-electron chi connectivity index (χ3n) is 6.10. The molecule has 0 atom stereocenters. The number of hydrogen-bond acceptors (Lipinski definition) is 2. The molecule has 194 valence electrons. The number of benzene rings is 4. The molecule has 0 aliphatic heterocycles. The van der Waals surface area contributed by atoms with E-state index in [9.17, 15) is 0 Å². The Morgan fingerprint density at radius 3 is 1.51 bits per heavy atom. The average Bonchev–Trinajstić information content (AvgIpc) is 2.91. The van der Waals surface area contributed by atoms with Gasteiger partial charge < -0.3 is 10.6 Å². The third kappa shape index (κ3) is 6.86. The van der Waals surface area contributed by atoms with Gasteiger partial charge in [0.25, 0.3) is 0 Å². The van der Waals surface area contributed by atoms with Crippen molar-refractivity contribution in [1.82, 2.24) is 10.6 Å². The van der Waals surface area contributed by atoms with Gasteiger partial charge >= 0.3 is 11.8 Å². The van der Waals surface area contributed by atoms with Gasteiger partial charge in [-0.2, -0.15) is 17.6 Å². The van der Waals surface area contributed by atoms with E-state index in [1.54, 1.807) is 6.07 Å².